The van der Waals surface area contributed by atoms with Crippen LogP contribution in [0, 0.1) is 11.7 Å². The summed E-state index contributed by atoms with van der Waals surface area (Å²) in [5, 5.41) is 0. The first kappa shape index (κ1) is 11.8. The fraction of sp³-hybridized carbons (Fsp3) is 0.455. The first-order chi connectivity index (χ1) is 7.15. The zero-order valence-electron chi connectivity index (χ0n) is 8.74. The van der Waals surface area contributed by atoms with Gasteiger partial charge in [-0.05, 0) is 24.9 Å². The van der Waals surface area contributed by atoms with E-state index in [1.165, 1.54) is 12.3 Å². The predicted molar refractivity (Wildman–Crippen MR) is 56.0 cm³/mol. The summed E-state index contributed by atoms with van der Waals surface area (Å²) in [5.74, 6) is -0.447. The van der Waals surface area contributed by atoms with Gasteiger partial charge < -0.3 is 5.73 Å². The highest BCUT2D eigenvalue weighted by atomic mass is 19.1. The van der Waals surface area contributed by atoms with Gasteiger partial charge in [0.25, 0.3) is 0 Å². The molecule has 3 nitrogen and oxygen atoms in total. The van der Waals surface area contributed by atoms with E-state index in [0.717, 1.165) is 6.20 Å². The minimum atomic E-state index is -0.553. The van der Waals surface area contributed by atoms with Crippen LogP contribution in [0.3, 0.4) is 0 Å². The van der Waals surface area contributed by atoms with E-state index in [-0.39, 0.29) is 11.3 Å². The van der Waals surface area contributed by atoms with E-state index >= 15 is 0 Å². The van der Waals surface area contributed by atoms with Crippen molar-refractivity contribution < 1.29 is 9.18 Å². The Balaban J connectivity index is 2.58. The lowest BCUT2D eigenvalue weighted by Gasteiger charge is -2.07. The van der Waals surface area contributed by atoms with Gasteiger partial charge in [-0.2, -0.15) is 0 Å². The lowest BCUT2D eigenvalue weighted by Crippen LogP contribution is -2.13. The standard InChI is InChI=1S/C11H15FN2O/c1-8(6-13)2-3-11(15)9-4-5-14-7-10(9)12/h4-5,7-8H,2-3,6,13H2,1H3. The van der Waals surface area contributed by atoms with Crippen molar-refractivity contribution in [2.24, 2.45) is 11.7 Å². The molecule has 0 saturated heterocycles. The molecule has 0 radical (unpaired) electrons. The number of ketones is 1. The Bertz CT molecular complexity index is 341. The molecule has 0 amide bonds. The molecule has 0 saturated carbocycles. The van der Waals surface area contributed by atoms with E-state index in [1.807, 2.05) is 6.92 Å². The average molecular weight is 210 g/mol. The Labute approximate surface area is 88.5 Å². The number of rotatable bonds is 5. The molecule has 1 aromatic heterocycles. The first-order valence-electron chi connectivity index (χ1n) is 4.98. The van der Waals surface area contributed by atoms with Gasteiger partial charge in [0.15, 0.2) is 11.6 Å². The van der Waals surface area contributed by atoms with Crippen LogP contribution in [0.15, 0.2) is 18.5 Å². The van der Waals surface area contributed by atoms with Crippen molar-refractivity contribution in [3.05, 3.63) is 29.8 Å². The molecule has 0 aliphatic carbocycles. The summed E-state index contributed by atoms with van der Waals surface area (Å²) in [7, 11) is 0. The molecule has 1 atom stereocenters. The third-order valence-corrected chi connectivity index (χ3v) is 2.34. The van der Waals surface area contributed by atoms with Crippen LogP contribution in [0.4, 0.5) is 4.39 Å². The van der Waals surface area contributed by atoms with Crippen molar-refractivity contribution in [1.29, 1.82) is 0 Å². The topological polar surface area (TPSA) is 56.0 Å². The largest absolute Gasteiger partial charge is 0.330 e. The Hall–Kier alpha value is -1.29. The molecule has 1 unspecified atom stereocenters. The Morgan fingerprint density at radius 3 is 3.00 bits per heavy atom. The highest BCUT2D eigenvalue weighted by Gasteiger charge is 2.12. The number of carbonyl (C=O) groups excluding carboxylic acids is 1. The molecule has 82 valence electrons. The van der Waals surface area contributed by atoms with Gasteiger partial charge in [-0.1, -0.05) is 6.92 Å². The second kappa shape index (κ2) is 5.56. The van der Waals surface area contributed by atoms with Gasteiger partial charge in [-0.15, -0.1) is 0 Å². The van der Waals surface area contributed by atoms with E-state index in [4.69, 9.17) is 5.73 Å². The van der Waals surface area contributed by atoms with Gasteiger partial charge in [0.2, 0.25) is 0 Å². The molecular weight excluding hydrogens is 195 g/mol. The number of halogens is 1. The zero-order chi connectivity index (χ0) is 11.3. The number of hydrogen-bond acceptors (Lipinski definition) is 3. The fourth-order valence-electron chi connectivity index (χ4n) is 1.23. The molecule has 1 heterocycles. The molecule has 0 bridgehead atoms. The summed E-state index contributed by atoms with van der Waals surface area (Å²) in [6.07, 6.45) is 3.50. The van der Waals surface area contributed by atoms with Crippen molar-refractivity contribution in [3.63, 3.8) is 0 Å². The predicted octanol–water partition coefficient (Wildman–Crippen LogP) is 1.78. The number of pyridine rings is 1. The van der Waals surface area contributed by atoms with Gasteiger partial charge in [0.05, 0.1) is 11.8 Å². The SMILES string of the molecule is CC(CN)CCC(=O)c1ccncc1F. The second-order valence-corrected chi connectivity index (χ2v) is 3.66. The van der Waals surface area contributed by atoms with E-state index in [9.17, 15) is 9.18 Å². The fourth-order valence-corrected chi connectivity index (χ4v) is 1.23. The molecule has 1 aromatic rings. The van der Waals surface area contributed by atoms with Crippen molar-refractivity contribution in [2.45, 2.75) is 19.8 Å². The summed E-state index contributed by atoms with van der Waals surface area (Å²) >= 11 is 0. The summed E-state index contributed by atoms with van der Waals surface area (Å²) in [5.41, 5.74) is 5.55. The van der Waals surface area contributed by atoms with Crippen molar-refractivity contribution in [2.75, 3.05) is 6.54 Å². The highest BCUT2D eigenvalue weighted by molar-refractivity contribution is 5.96. The maximum Gasteiger partial charge on any atom is 0.165 e. The van der Waals surface area contributed by atoms with Crippen LogP contribution in [-0.2, 0) is 0 Å². The van der Waals surface area contributed by atoms with Crippen LogP contribution in [0.1, 0.15) is 30.1 Å². The summed E-state index contributed by atoms with van der Waals surface area (Å²) in [6, 6.07) is 1.41. The molecule has 0 aliphatic heterocycles. The third-order valence-electron chi connectivity index (χ3n) is 2.34. The minimum absolute atomic E-state index is 0.120. The molecule has 0 aromatic carbocycles. The van der Waals surface area contributed by atoms with Crippen LogP contribution >= 0.6 is 0 Å². The number of aromatic nitrogens is 1. The summed E-state index contributed by atoms with van der Waals surface area (Å²) in [6.45, 7) is 2.52. The van der Waals surface area contributed by atoms with Crippen molar-refractivity contribution in [1.82, 2.24) is 4.98 Å². The Morgan fingerprint density at radius 2 is 2.40 bits per heavy atom. The molecule has 1 rings (SSSR count). The zero-order valence-corrected chi connectivity index (χ0v) is 8.74. The highest BCUT2D eigenvalue weighted by Crippen LogP contribution is 2.12. The van der Waals surface area contributed by atoms with Crippen molar-refractivity contribution >= 4 is 5.78 Å². The smallest absolute Gasteiger partial charge is 0.165 e. The Kier molecular flexibility index (Phi) is 4.37. The average Bonchev–Trinajstić information content (AvgIpc) is 2.26. The summed E-state index contributed by atoms with van der Waals surface area (Å²) < 4.78 is 13.1. The van der Waals surface area contributed by atoms with Crippen LogP contribution < -0.4 is 5.73 Å². The lowest BCUT2D eigenvalue weighted by molar-refractivity contribution is 0.0971. The van der Waals surface area contributed by atoms with E-state index in [0.29, 0.717) is 25.3 Å². The minimum Gasteiger partial charge on any atom is -0.330 e. The van der Waals surface area contributed by atoms with Crippen molar-refractivity contribution in [3.8, 4) is 0 Å². The van der Waals surface area contributed by atoms with Gasteiger partial charge in [0.1, 0.15) is 0 Å². The lowest BCUT2D eigenvalue weighted by atomic mass is 10.0. The molecule has 15 heavy (non-hydrogen) atoms. The quantitative estimate of drug-likeness (QED) is 0.753. The molecular formula is C11H15FN2O. The summed E-state index contributed by atoms with van der Waals surface area (Å²) in [4.78, 5) is 15.2. The van der Waals surface area contributed by atoms with Crippen LogP contribution in [0.2, 0.25) is 0 Å². The third kappa shape index (κ3) is 3.40. The van der Waals surface area contributed by atoms with Crippen LogP contribution in [0.25, 0.3) is 0 Å². The Morgan fingerprint density at radius 1 is 1.67 bits per heavy atom. The number of nitrogens with two attached hydrogens (primary N) is 1. The van der Waals surface area contributed by atoms with Gasteiger partial charge in [-0.3, -0.25) is 9.78 Å². The number of carbonyl (C=O) groups is 1. The van der Waals surface area contributed by atoms with Gasteiger partial charge in [-0.25, -0.2) is 4.39 Å². The maximum atomic E-state index is 13.1. The molecule has 4 heteroatoms. The van der Waals surface area contributed by atoms with Gasteiger partial charge in [0, 0.05) is 12.6 Å². The number of hydrogen-bond donors (Lipinski definition) is 1. The van der Waals surface area contributed by atoms with E-state index in [2.05, 4.69) is 4.98 Å². The number of nitrogens with zero attached hydrogens (tertiary/aromatic N) is 1. The molecule has 0 aliphatic rings. The number of Topliss-reactive ketones (excluding diaryl/α,β-unsaturated/α-hetero) is 1. The first-order valence-corrected chi connectivity index (χ1v) is 4.98. The van der Waals surface area contributed by atoms with E-state index in [1.54, 1.807) is 0 Å². The monoisotopic (exact) mass is 210 g/mol. The normalized spacial score (nSPS) is 12.5. The maximum absolute atomic E-state index is 13.1. The molecule has 2 N–H and O–H groups in total. The molecule has 0 fully saturated rings. The van der Waals surface area contributed by atoms with Crippen LogP contribution in [0.5, 0.6) is 0 Å². The second-order valence-electron chi connectivity index (χ2n) is 3.66. The molecule has 0 spiro atoms. The van der Waals surface area contributed by atoms with Gasteiger partial charge >= 0.3 is 0 Å². The van der Waals surface area contributed by atoms with E-state index < -0.39 is 5.82 Å². The van der Waals surface area contributed by atoms with Crippen LogP contribution in [-0.4, -0.2) is 17.3 Å².